The zero-order valence-electron chi connectivity index (χ0n) is 12.7. The molecule has 0 aliphatic carbocycles. The molecule has 24 heavy (non-hydrogen) atoms. The van der Waals surface area contributed by atoms with E-state index in [-0.39, 0.29) is 23.1 Å². The summed E-state index contributed by atoms with van der Waals surface area (Å²) in [6.07, 6.45) is 3.14. The van der Waals surface area contributed by atoms with E-state index in [0.717, 1.165) is 5.56 Å². The Morgan fingerprint density at radius 1 is 1.25 bits per heavy atom. The van der Waals surface area contributed by atoms with Crippen molar-refractivity contribution in [2.75, 3.05) is 11.9 Å². The van der Waals surface area contributed by atoms with E-state index < -0.39 is 10.0 Å². The number of ether oxygens (including phenoxy) is 1. The molecule has 2 aromatic heterocycles. The van der Waals surface area contributed by atoms with Gasteiger partial charge >= 0.3 is 0 Å². The molecule has 0 radical (unpaired) electrons. The molecule has 0 saturated carbocycles. The monoisotopic (exact) mass is 343 g/mol. The first-order valence-electron chi connectivity index (χ1n) is 7.22. The van der Waals surface area contributed by atoms with Crippen LogP contribution >= 0.6 is 0 Å². The summed E-state index contributed by atoms with van der Waals surface area (Å²) in [5, 5.41) is 2.59. The van der Waals surface area contributed by atoms with Gasteiger partial charge in [-0.1, -0.05) is 6.07 Å². The van der Waals surface area contributed by atoms with Gasteiger partial charge < -0.3 is 10.1 Å². The van der Waals surface area contributed by atoms with Crippen LogP contribution in [0.5, 0.6) is 5.75 Å². The maximum atomic E-state index is 13.2. The number of carbonyl (C=O) groups excluding carboxylic acids is 1. The number of rotatable bonds is 2. The van der Waals surface area contributed by atoms with Crippen LogP contribution in [0.25, 0.3) is 11.0 Å². The molecule has 1 aliphatic heterocycles. The Bertz CT molecular complexity index is 1090. The summed E-state index contributed by atoms with van der Waals surface area (Å²) >= 11 is 0. The van der Waals surface area contributed by atoms with E-state index >= 15 is 0 Å². The maximum absolute atomic E-state index is 13.2. The number of para-hydroxylation sites is 1. The summed E-state index contributed by atoms with van der Waals surface area (Å²) < 4.78 is 32.8. The van der Waals surface area contributed by atoms with Crippen molar-refractivity contribution >= 4 is 32.7 Å². The van der Waals surface area contributed by atoms with Gasteiger partial charge in [-0.15, -0.1) is 0 Å². The lowest BCUT2D eigenvalue weighted by molar-refractivity contribution is -0.118. The number of fused-ring (bicyclic) bond motifs is 2. The van der Waals surface area contributed by atoms with E-state index in [1.807, 2.05) is 0 Å². The number of carbonyl (C=O) groups is 1. The third kappa shape index (κ3) is 2.07. The highest BCUT2D eigenvalue weighted by atomic mass is 32.2. The number of hydrogen-bond donors (Lipinski definition) is 1. The van der Waals surface area contributed by atoms with E-state index in [9.17, 15) is 13.2 Å². The standard InChI is InChI=1S/C16H13N3O4S/c1-10-8-19(11-4-3-7-17-15(10)11)24(21,22)13-6-2-5-12-16(13)18-14(20)9-23-12/h2-8H,9H2,1H3,(H,18,20). The van der Waals surface area contributed by atoms with Crippen molar-refractivity contribution in [3.8, 4) is 5.75 Å². The summed E-state index contributed by atoms with van der Waals surface area (Å²) in [5.41, 5.74) is 2.01. The van der Waals surface area contributed by atoms with Crippen molar-refractivity contribution < 1.29 is 17.9 Å². The molecule has 1 N–H and O–H groups in total. The van der Waals surface area contributed by atoms with Gasteiger partial charge in [-0.2, -0.15) is 0 Å². The van der Waals surface area contributed by atoms with Crippen molar-refractivity contribution in [3.05, 3.63) is 48.3 Å². The number of pyridine rings is 1. The minimum Gasteiger partial charge on any atom is -0.482 e. The molecular weight excluding hydrogens is 330 g/mol. The van der Waals surface area contributed by atoms with Crippen LogP contribution in [0.2, 0.25) is 0 Å². The summed E-state index contributed by atoms with van der Waals surface area (Å²) in [6.45, 7) is 1.67. The van der Waals surface area contributed by atoms with Crippen LogP contribution < -0.4 is 10.1 Å². The van der Waals surface area contributed by atoms with E-state index in [2.05, 4.69) is 10.3 Å². The summed E-state index contributed by atoms with van der Waals surface area (Å²) in [7, 11) is -3.93. The molecule has 0 spiro atoms. The van der Waals surface area contributed by atoms with Crippen molar-refractivity contribution in [1.82, 2.24) is 8.96 Å². The molecule has 0 unspecified atom stereocenters. The molecule has 1 aliphatic rings. The number of amides is 1. The first-order valence-corrected chi connectivity index (χ1v) is 8.66. The highest BCUT2D eigenvalue weighted by molar-refractivity contribution is 7.90. The largest absolute Gasteiger partial charge is 0.482 e. The predicted octanol–water partition coefficient (Wildman–Crippen LogP) is 1.91. The lowest BCUT2D eigenvalue weighted by atomic mass is 10.2. The smallest absolute Gasteiger partial charge is 0.270 e. The Kier molecular flexibility index (Phi) is 3.10. The number of anilines is 1. The van der Waals surface area contributed by atoms with Gasteiger partial charge in [0.25, 0.3) is 15.9 Å². The third-order valence-corrected chi connectivity index (χ3v) is 5.57. The number of nitrogens with zero attached hydrogens (tertiary/aromatic N) is 2. The van der Waals surface area contributed by atoms with Gasteiger partial charge in [0.05, 0.1) is 11.0 Å². The SMILES string of the molecule is Cc1cn(S(=O)(=O)c2cccc3c2NC(=O)CO3)c2cccnc12. The Labute approximate surface area is 137 Å². The molecule has 1 aromatic carbocycles. The van der Waals surface area contributed by atoms with Gasteiger partial charge in [-0.25, -0.2) is 12.4 Å². The molecule has 8 heteroatoms. The van der Waals surface area contributed by atoms with Crippen LogP contribution in [-0.4, -0.2) is 29.9 Å². The van der Waals surface area contributed by atoms with Crippen LogP contribution in [0.1, 0.15) is 5.56 Å². The zero-order valence-corrected chi connectivity index (χ0v) is 13.5. The summed E-state index contributed by atoms with van der Waals surface area (Å²) in [5.74, 6) is -0.0534. The minimum absolute atomic E-state index is 0.0196. The second-order valence-corrected chi connectivity index (χ2v) is 7.23. The average molecular weight is 343 g/mol. The average Bonchev–Trinajstić information content (AvgIpc) is 2.92. The molecule has 0 bridgehead atoms. The van der Waals surface area contributed by atoms with E-state index in [1.165, 1.54) is 16.2 Å². The minimum atomic E-state index is -3.93. The van der Waals surface area contributed by atoms with Crippen molar-refractivity contribution in [2.45, 2.75) is 11.8 Å². The van der Waals surface area contributed by atoms with Gasteiger partial charge in [0.15, 0.2) is 6.61 Å². The first-order chi connectivity index (χ1) is 11.5. The lowest BCUT2D eigenvalue weighted by Gasteiger charge is -2.20. The number of aryl methyl sites for hydroxylation is 1. The van der Waals surface area contributed by atoms with Crippen LogP contribution in [0.15, 0.2) is 47.6 Å². The van der Waals surface area contributed by atoms with Crippen molar-refractivity contribution in [1.29, 1.82) is 0 Å². The van der Waals surface area contributed by atoms with Crippen LogP contribution in [0.4, 0.5) is 5.69 Å². The molecular formula is C16H13N3O4S. The number of nitrogens with one attached hydrogen (secondary N) is 1. The first kappa shape index (κ1) is 14.7. The van der Waals surface area contributed by atoms with E-state index in [1.54, 1.807) is 37.4 Å². The summed E-state index contributed by atoms with van der Waals surface area (Å²) in [4.78, 5) is 15.8. The van der Waals surface area contributed by atoms with Gasteiger partial charge in [0.2, 0.25) is 0 Å². The quantitative estimate of drug-likeness (QED) is 0.768. The van der Waals surface area contributed by atoms with E-state index in [4.69, 9.17) is 4.74 Å². The van der Waals surface area contributed by atoms with Crippen LogP contribution in [0.3, 0.4) is 0 Å². The molecule has 3 aromatic rings. The third-order valence-electron chi connectivity index (χ3n) is 3.86. The zero-order chi connectivity index (χ0) is 16.9. The van der Waals surface area contributed by atoms with Crippen LogP contribution in [0, 0.1) is 6.92 Å². The van der Waals surface area contributed by atoms with Crippen molar-refractivity contribution in [3.63, 3.8) is 0 Å². The predicted molar refractivity (Wildman–Crippen MR) is 87.6 cm³/mol. The fourth-order valence-electron chi connectivity index (χ4n) is 2.78. The number of aromatic nitrogens is 2. The molecule has 4 rings (SSSR count). The normalized spacial score (nSPS) is 14.1. The molecule has 1 amide bonds. The molecule has 0 atom stereocenters. The summed E-state index contributed by atoms with van der Waals surface area (Å²) in [6, 6.07) is 8.02. The van der Waals surface area contributed by atoms with Crippen LogP contribution in [-0.2, 0) is 14.8 Å². The number of hydrogen-bond acceptors (Lipinski definition) is 5. The Hall–Kier alpha value is -2.87. The molecule has 0 fully saturated rings. The number of benzene rings is 1. The topological polar surface area (TPSA) is 90.3 Å². The fourth-order valence-corrected chi connectivity index (χ4v) is 4.35. The van der Waals surface area contributed by atoms with E-state index in [0.29, 0.717) is 16.8 Å². The molecule has 122 valence electrons. The molecule has 3 heterocycles. The molecule has 7 nitrogen and oxygen atoms in total. The second kappa shape index (κ2) is 5.07. The highest BCUT2D eigenvalue weighted by Crippen LogP contribution is 2.36. The van der Waals surface area contributed by atoms with Gasteiger partial charge in [-0.3, -0.25) is 9.78 Å². The lowest BCUT2D eigenvalue weighted by Crippen LogP contribution is -2.27. The van der Waals surface area contributed by atoms with Crippen molar-refractivity contribution in [2.24, 2.45) is 0 Å². The fraction of sp³-hybridized carbons (Fsp3) is 0.125. The Balaban J connectivity index is 1.98. The van der Waals surface area contributed by atoms with Gasteiger partial charge in [0.1, 0.15) is 16.3 Å². The Morgan fingerprint density at radius 2 is 2.08 bits per heavy atom. The maximum Gasteiger partial charge on any atom is 0.270 e. The highest BCUT2D eigenvalue weighted by Gasteiger charge is 2.28. The Morgan fingerprint density at radius 3 is 2.92 bits per heavy atom. The van der Waals surface area contributed by atoms with Gasteiger partial charge in [-0.05, 0) is 36.8 Å². The second-order valence-electron chi connectivity index (χ2n) is 5.45. The molecule has 0 saturated heterocycles. The van der Waals surface area contributed by atoms with Gasteiger partial charge in [0, 0.05) is 12.4 Å².